The summed E-state index contributed by atoms with van der Waals surface area (Å²) in [6, 6.07) is 8.61. The Morgan fingerprint density at radius 1 is 1.25 bits per heavy atom. The number of aromatic nitrogens is 3. The topological polar surface area (TPSA) is 85.9 Å². The van der Waals surface area contributed by atoms with Crippen molar-refractivity contribution in [1.29, 1.82) is 0 Å². The number of halogens is 1. The van der Waals surface area contributed by atoms with Crippen molar-refractivity contribution in [3.8, 4) is 0 Å². The monoisotopic (exact) mass is 327 g/mol. The van der Waals surface area contributed by atoms with Gasteiger partial charge in [0.1, 0.15) is 29.7 Å². The van der Waals surface area contributed by atoms with E-state index in [2.05, 4.69) is 15.3 Å². The summed E-state index contributed by atoms with van der Waals surface area (Å²) in [5, 5.41) is 13.8. The Morgan fingerprint density at radius 2 is 2.04 bits per heavy atom. The molecule has 122 valence electrons. The second-order valence-corrected chi connectivity index (χ2v) is 5.15. The number of benzene rings is 1. The molecule has 3 aromatic rings. The van der Waals surface area contributed by atoms with Gasteiger partial charge in [0.15, 0.2) is 0 Å². The number of rotatable bonds is 5. The number of hydrogen-bond donors (Lipinski definition) is 1. The van der Waals surface area contributed by atoms with Crippen LogP contribution in [-0.2, 0) is 7.05 Å². The van der Waals surface area contributed by atoms with E-state index in [-0.39, 0.29) is 11.5 Å². The van der Waals surface area contributed by atoms with Gasteiger partial charge < -0.3 is 9.88 Å². The zero-order chi connectivity index (χ0) is 17.1. The Kier molecular flexibility index (Phi) is 4.19. The minimum absolute atomic E-state index is 0.111. The van der Waals surface area contributed by atoms with Crippen molar-refractivity contribution in [3.63, 3.8) is 0 Å². The molecule has 0 aliphatic rings. The normalized spacial score (nSPS) is 11.9. The third kappa shape index (κ3) is 3.07. The highest BCUT2D eigenvalue weighted by molar-refractivity contribution is 5.45. The molecule has 24 heavy (non-hydrogen) atoms. The summed E-state index contributed by atoms with van der Waals surface area (Å²) in [6.45, 7) is 0. The highest BCUT2D eigenvalue weighted by atomic mass is 19.1. The second kappa shape index (κ2) is 6.45. The van der Waals surface area contributed by atoms with Crippen LogP contribution in [-0.4, -0.2) is 19.5 Å². The maximum absolute atomic E-state index is 14.2. The maximum atomic E-state index is 14.2. The zero-order valence-electron chi connectivity index (χ0n) is 12.8. The van der Waals surface area contributed by atoms with Gasteiger partial charge in [0, 0.05) is 31.1 Å². The molecule has 0 saturated carbocycles. The molecule has 2 heterocycles. The summed E-state index contributed by atoms with van der Waals surface area (Å²) >= 11 is 0. The van der Waals surface area contributed by atoms with Gasteiger partial charge in [-0.3, -0.25) is 10.1 Å². The molecular formula is C16H14FN5O2. The molecule has 7 nitrogen and oxygen atoms in total. The predicted octanol–water partition coefficient (Wildman–Crippen LogP) is 3.06. The van der Waals surface area contributed by atoms with E-state index in [0.717, 1.165) is 6.20 Å². The Balaban J connectivity index is 1.98. The van der Waals surface area contributed by atoms with Crippen molar-refractivity contribution >= 4 is 11.5 Å². The fourth-order valence-corrected chi connectivity index (χ4v) is 2.37. The van der Waals surface area contributed by atoms with Crippen LogP contribution in [0.15, 0.2) is 55.0 Å². The van der Waals surface area contributed by atoms with Crippen LogP contribution in [0.25, 0.3) is 0 Å². The lowest BCUT2D eigenvalue weighted by molar-refractivity contribution is -0.385. The molecule has 1 aromatic carbocycles. The third-order valence-electron chi connectivity index (χ3n) is 3.58. The van der Waals surface area contributed by atoms with Gasteiger partial charge in [-0.15, -0.1) is 0 Å². The number of nitrogens with zero attached hydrogens (tertiary/aromatic N) is 4. The number of nitro groups is 1. The average molecular weight is 327 g/mol. The minimum atomic E-state index is -0.583. The molecule has 0 bridgehead atoms. The van der Waals surface area contributed by atoms with Gasteiger partial charge in [-0.1, -0.05) is 18.2 Å². The highest BCUT2D eigenvalue weighted by Gasteiger charge is 2.22. The number of hydrogen-bond acceptors (Lipinski definition) is 5. The number of imidazole rings is 1. The van der Waals surface area contributed by atoms with Crippen molar-refractivity contribution in [2.75, 3.05) is 5.32 Å². The first kappa shape index (κ1) is 15.6. The number of aryl methyl sites for hydroxylation is 1. The van der Waals surface area contributed by atoms with Gasteiger partial charge in [0.05, 0.1) is 4.92 Å². The Bertz CT molecular complexity index is 863. The van der Waals surface area contributed by atoms with E-state index in [4.69, 9.17) is 0 Å². The smallest absolute Gasteiger partial charge is 0.287 e. The van der Waals surface area contributed by atoms with Crippen molar-refractivity contribution in [1.82, 2.24) is 14.5 Å². The first-order valence-electron chi connectivity index (χ1n) is 7.15. The van der Waals surface area contributed by atoms with Gasteiger partial charge in [-0.05, 0) is 12.1 Å². The molecule has 0 amide bonds. The lowest BCUT2D eigenvalue weighted by atomic mass is 10.1. The maximum Gasteiger partial charge on any atom is 0.287 e. The van der Waals surface area contributed by atoms with Crippen molar-refractivity contribution < 1.29 is 9.31 Å². The van der Waals surface area contributed by atoms with Crippen LogP contribution in [0.3, 0.4) is 0 Å². The van der Waals surface area contributed by atoms with E-state index < -0.39 is 11.0 Å². The van der Waals surface area contributed by atoms with Crippen LogP contribution in [0.4, 0.5) is 15.9 Å². The number of nitrogens with one attached hydrogen (secondary N) is 1. The van der Waals surface area contributed by atoms with Gasteiger partial charge >= 0.3 is 0 Å². The molecule has 1 atom stereocenters. The fraction of sp³-hybridized carbons (Fsp3) is 0.125. The van der Waals surface area contributed by atoms with Gasteiger partial charge in [-0.2, -0.15) is 0 Å². The zero-order valence-corrected chi connectivity index (χ0v) is 12.8. The minimum Gasteiger partial charge on any atom is -0.356 e. The molecular weight excluding hydrogens is 313 g/mol. The first-order chi connectivity index (χ1) is 11.6. The van der Waals surface area contributed by atoms with E-state index in [0.29, 0.717) is 17.2 Å². The molecule has 0 spiro atoms. The molecule has 0 fully saturated rings. The lowest BCUT2D eigenvalue weighted by Gasteiger charge is -2.20. The van der Waals surface area contributed by atoms with E-state index in [1.54, 1.807) is 42.2 Å². The molecule has 0 aliphatic carbocycles. The summed E-state index contributed by atoms with van der Waals surface area (Å²) in [6.07, 6.45) is 4.53. The van der Waals surface area contributed by atoms with Crippen LogP contribution < -0.4 is 5.32 Å². The molecule has 0 saturated heterocycles. The van der Waals surface area contributed by atoms with Crippen LogP contribution in [0, 0.1) is 15.9 Å². The largest absolute Gasteiger partial charge is 0.356 e. The van der Waals surface area contributed by atoms with Crippen molar-refractivity contribution in [2.24, 2.45) is 7.05 Å². The van der Waals surface area contributed by atoms with Crippen molar-refractivity contribution in [2.45, 2.75) is 6.04 Å². The molecule has 1 unspecified atom stereocenters. The van der Waals surface area contributed by atoms with Crippen LogP contribution in [0.5, 0.6) is 0 Å². The quantitative estimate of drug-likeness (QED) is 0.575. The van der Waals surface area contributed by atoms with Crippen LogP contribution in [0.2, 0.25) is 0 Å². The fourth-order valence-electron chi connectivity index (χ4n) is 2.37. The van der Waals surface area contributed by atoms with Gasteiger partial charge in [-0.25, -0.2) is 14.4 Å². The Labute approximate surface area is 137 Å². The predicted molar refractivity (Wildman–Crippen MR) is 86.0 cm³/mol. The Morgan fingerprint density at radius 3 is 2.62 bits per heavy atom. The molecule has 2 aromatic heterocycles. The first-order valence-corrected chi connectivity index (χ1v) is 7.15. The van der Waals surface area contributed by atoms with E-state index in [1.807, 2.05) is 0 Å². The molecule has 3 rings (SSSR count). The van der Waals surface area contributed by atoms with E-state index in [1.165, 1.54) is 18.2 Å². The van der Waals surface area contributed by atoms with Gasteiger partial charge in [0.25, 0.3) is 5.69 Å². The molecule has 0 aliphatic heterocycles. The number of anilines is 1. The highest BCUT2D eigenvalue weighted by Crippen LogP contribution is 2.27. The SMILES string of the molecule is Cn1ccnc1C(Nc1ccc([N+](=O)[O-])cn1)c1ccccc1F. The third-order valence-corrected chi connectivity index (χ3v) is 3.58. The summed E-state index contributed by atoms with van der Waals surface area (Å²) in [4.78, 5) is 18.5. The van der Waals surface area contributed by atoms with E-state index in [9.17, 15) is 14.5 Å². The molecule has 0 radical (unpaired) electrons. The lowest BCUT2D eigenvalue weighted by Crippen LogP contribution is -2.18. The van der Waals surface area contributed by atoms with Gasteiger partial charge in [0.2, 0.25) is 0 Å². The second-order valence-electron chi connectivity index (χ2n) is 5.15. The average Bonchev–Trinajstić information content (AvgIpc) is 3.00. The molecule has 1 N–H and O–H groups in total. The summed E-state index contributed by atoms with van der Waals surface area (Å²) < 4.78 is 16.0. The standard InChI is InChI=1S/C16H14FN5O2/c1-21-9-8-18-16(21)15(12-4-2-3-5-13(12)17)20-14-7-6-11(10-19-14)22(23)24/h2-10,15H,1H3,(H,19,20). The van der Waals surface area contributed by atoms with E-state index >= 15 is 0 Å². The summed E-state index contributed by atoms with van der Waals surface area (Å²) in [5.41, 5.74) is 0.298. The summed E-state index contributed by atoms with van der Waals surface area (Å²) in [5.74, 6) is 0.608. The summed E-state index contributed by atoms with van der Waals surface area (Å²) in [7, 11) is 1.81. The van der Waals surface area contributed by atoms with Crippen LogP contribution >= 0.6 is 0 Å². The van der Waals surface area contributed by atoms with Crippen molar-refractivity contribution in [3.05, 3.63) is 82.3 Å². The van der Waals surface area contributed by atoms with Crippen LogP contribution in [0.1, 0.15) is 17.4 Å². The number of pyridine rings is 1. The molecule has 8 heteroatoms. The Hall–Kier alpha value is -3.29.